The second-order valence-electron chi connectivity index (χ2n) is 6.71. The van der Waals surface area contributed by atoms with E-state index in [-0.39, 0.29) is 0 Å². The van der Waals surface area contributed by atoms with E-state index in [2.05, 4.69) is 19.2 Å². The molecule has 0 heterocycles. The molecule has 2 aliphatic rings. The average Bonchev–Trinajstić information content (AvgIpc) is 2.58. The fourth-order valence-corrected chi connectivity index (χ4v) is 3.73. The van der Waals surface area contributed by atoms with E-state index in [1.165, 1.54) is 64.2 Å². The van der Waals surface area contributed by atoms with E-state index in [1.54, 1.807) is 0 Å². The van der Waals surface area contributed by atoms with Crippen molar-refractivity contribution in [3.05, 3.63) is 0 Å². The highest BCUT2D eigenvalue weighted by molar-refractivity contribution is 4.82. The molecule has 17 heavy (non-hydrogen) atoms. The Hall–Kier alpha value is -0.0400. The Bertz CT molecular complexity index is 196. The molecule has 1 N–H and O–H groups in total. The van der Waals surface area contributed by atoms with Gasteiger partial charge in [0.2, 0.25) is 0 Å². The molecular formula is C16H31N. The topological polar surface area (TPSA) is 12.0 Å². The summed E-state index contributed by atoms with van der Waals surface area (Å²) < 4.78 is 0. The zero-order valence-corrected chi connectivity index (χ0v) is 11.9. The second kappa shape index (κ2) is 6.78. The Morgan fingerprint density at radius 2 is 1.24 bits per heavy atom. The minimum absolute atomic E-state index is 0.841. The number of rotatable bonds is 3. The molecule has 2 rings (SSSR count). The zero-order chi connectivity index (χ0) is 12.1. The summed E-state index contributed by atoms with van der Waals surface area (Å²) in [5.74, 6) is 1.90. The van der Waals surface area contributed by atoms with Crippen molar-refractivity contribution >= 4 is 0 Å². The first-order chi connectivity index (χ1) is 8.25. The molecule has 0 unspecified atom stereocenters. The van der Waals surface area contributed by atoms with Crippen LogP contribution in [0.25, 0.3) is 0 Å². The van der Waals surface area contributed by atoms with Gasteiger partial charge in [0, 0.05) is 12.1 Å². The van der Waals surface area contributed by atoms with Crippen molar-refractivity contribution < 1.29 is 0 Å². The molecule has 2 saturated carbocycles. The Morgan fingerprint density at radius 3 is 1.76 bits per heavy atom. The van der Waals surface area contributed by atoms with Gasteiger partial charge in [0.05, 0.1) is 0 Å². The van der Waals surface area contributed by atoms with Gasteiger partial charge in [-0.1, -0.05) is 39.5 Å². The van der Waals surface area contributed by atoms with E-state index in [4.69, 9.17) is 0 Å². The molecule has 0 aromatic rings. The fraction of sp³-hybridized carbons (Fsp3) is 1.00. The van der Waals surface area contributed by atoms with Crippen molar-refractivity contribution in [1.82, 2.24) is 5.32 Å². The molecule has 0 aromatic carbocycles. The minimum atomic E-state index is 0.841. The van der Waals surface area contributed by atoms with Crippen LogP contribution in [0.2, 0.25) is 0 Å². The highest BCUT2D eigenvalue weighted by Gasteiger charge is 2.24. The summed E-state index contributed by atoms with van der Waals surface area (Å²) in [7, 11) is 0. The number of nitrogens with one attached hydrogen (secondary N) is 1. The van der Waals surface area contributed by atoms with Gasteiger partial charge in [-0.2, -0.15) is 0 Å². The van der Waals surface area contributed by atoms with Gasteiger partial charge in [0.25, 0.3) is 0 Å². The summed E-state index contributed by atoms with van der Waals surface area (Å²) in [4.78, 5) is 0. The lowest BCUT2D eigenvalue weighted by Crippen LogP contribution is -2.40. The second-order valence-corrected chi connectivity index (χ2v) is 6.71. The molecule has 0 atom stereocenters. The Labute approximate surface area is 108 Å². The van der Waals surface area contributed by atoms with Crippen molar-refractivity contribution in [2.45, 2.75) is 90.1 Å². The summed E-state index contributed by atoms with van der Waals surface area (Å²) in [6.07, 6.45) is 14.5. The minimum Gasteiger partial charge on any atom is -0.311 e. The van der Waals surface area contributed by atoms with Gasteiger partial charge in [-0.3, -0.25) is 0 Å². The van der Waals surface area contributed by atoms with Gasteiger partial charge in [0.1, 0.15) is 0 Å². The van der Waals surface area contributed by atoms with Crippen molar-refractivity contribution in [2.75, 3.05) is 0 Å². The molecule has 1 heteroatoms. The van der Waals surface area contributed by atoms with Gasteiger partial charge in [-0.15, -0.1) is 0 Å². The summed E-state index contributed by atoms with van der Waals surface area (Å²) >= 11 is 0. The van der Waals surface area contributed by atoms with Crippen molar-refractivity contribution in [2.24, 2.45) is 11.8 Å². The molecule has 0 bridgehead atoms. The first-order valence-corrected chi connectivity index (χ1v) is 8.01. The van der Waals surface area contributed by atoms with Crippen LogP contribution in [0.5, 0.6) is 0 Å². The van der Waals surface area contributed by atoms with Crippen LogP contribution in [0.1, 0.15) is 78.1 Å². The summed E-state index contributed by atoms with van der Waals surface area (Å²) in [5, 5.41) is 3.96. The van der Waals surface area contributed by atoms with Crippen molar-refractivity contribution in [3.63, 3.8) is 0 Å². The van der Waals surface area contributed by atoms with Crippen LogP contribution in [0.4, 0.5) is 0 Å². The fourth-order valence-electron chi connectivity index (χ4n) is 3.73. The molecule has 0 amide bonds. The van der Waals surface area contributed by atoms with Gasteiger partial charge < -0.3 is 5.32 Å². The van der Waals surface area contributed by atoms with E-state index < -0.39 is 0 Å². The Kier molecular flexibility index (Phi) is 5.34. The molecule has 0 radical (unpaired) electrons. The van der Waals surface area contributed by atoms with Crippen LogP contribution >= 0.6 is 0 Å². The van der Waals surface area contributed by atoms with E-state index in [0.717, 1.165) is 23.9 Å². The van der Waals surface area contributed by atoms with Crippen LogP contribution < -0.4 is 5.32 Å². The largest absolute Gasteiger partial charge is 0.311 e. The van der Waals surface area contributed by atoms with Crippen LogP contribution in [-0.4, -0.2) is 12.1 Å². The first-order valence-electron chi connectivity index (χ1n) is 8.01. The molecule has 100 valence electrons. The normalized spacial score (nSPS) is 32.6. The lowest BCUT2D eigenvalue weighted by molar-refractivity contribution is 0.224. The lowest BCUT2D eigenvalue weighted by Gasteiger charge is -2.33. The number of hydrogen-bond donors (Lipinski definition) is 1. The third-order valence-corrected chi connectivity index (χ3v) is 5.04. The zero-order valence-electron chi connectivity index (χ0n) is 11.9. The Balaban J connectivity index is 1.69. The standard InChI is InChI=1S/C16H31N/c1-13(2)14-9-11-16(12-10-14)17-15-7-5-3-4-6-8-15/h13-17H,3-12H2,1-2H3/t14-,16-. The molecule has 0 saturated heterocycles. The average molecular weight is 237 g/mol. The van der Waals surface area contributed by atoms with E-state index in [9.17, 15) is 0 Å². The summed E-state index contributed by atoms with van der Waals surface area (Å²) in [5.41, 5.74) is 0. The van der Waals surface area contributed by atoms with E-state index >= 15 is 0 Å². The maximum Gasteiger partial charge on any atom is 0.00698 e. The molecule has 0 aromatic heterocycles. The van der Waals surface area contributed by atoms with Crippen LogP contribution in [0, 0.1) is 11.8 Å². The van der Waals surface area contributed by atoms with Crippen LogP contribution in [0.3, 0.4) is 0 Å². The quantitative estimate of drug-likeness (QED) is 0.712. The molecule has 2 aliphatic carbocycles. The van der Waals surface area contributed by atoms with Gasteiger partial charge in [-0.25, -0.2) is 0 Å². The van der Waals surface area contributed by atoms with E-state index in [1.807, 2.05) is 0 Å². The first kappa shape index (κ1) is 13.4. The van der Waals surface area contributed by atoms with Gasteiger partial charge in [0.15, 0.2) is 0 Å². The summed E-state index contributed by atoms with van der Waals surface area (Å²) in [6, 6.07) is 1.69. The predicted molar refractivity (Wildman–Crippen MR) is 75.2 cm³/mol. The van der Waals surface area contributed by atoms with Crippen LogP contribution in [-0.2, 0) is 0 Å². The maximum atomic E-state index is 3.96. The van der Waals surface area contributed by atoms with Crippen molar-refractivity contribution in [1.29, 1.82) is 0 Å². The number of hydrogen-bond acceptors (Lipinski definition) is 1. The third-order valence-electron chi connectivity index (χ3n) is 5.04. The van der Waals surface area contributed by atoms with Gasteiger partial charge >= 0.3 is 0 Å². The molecule has 0 aliphatic heterocycles. The maximum absolute atomic E-state index is 3.96. The molecule has 0 spiro atoms. The van der Waals surface area contributed by atoms with Crippen molar-refractivity contribution in [3.8, 4) is 0 Å². The van der Waals surface area contributed by atoms with Gasteiger partial charge in [-0.05, 0) is 50.4 Å². The molecular weight excluding hydrogens is 206 g/mol. The van der Waals surface area contributed by atoms with Crippen LogP contribution in [0.15, 0.2) is 0 Å². The smallest absolute Gasteiger partial charge is 0.00698 e. The highest BCUT2D eigenvalue weighted by Crippen LogP contribution is 2.30. The van der Waals surface area contributed by atoms with E-state index in [0.29, 0.717) is 0 Å². The highest BCUT2D eigenvalue weighted by atomic mass is 14.9. The monoisotopic (exact) mass is 237 g/mol. The Morgan fingerprint density at radius 1 is 0.706 bits per heavy atom. The SMILES string of the molecule is CC(C)[C@H]1CC[C@H](NC2CCCCCC2)CC1. The predicted octanol–water partition coefficient (Wildman–Crippen LogP) is 4.51. The molecule has 1 nitrogen and oxygen atoms in total. The lowest BCUT2D eigenvalue weighted by atomic mass is 9.79. The molecule has 2 fully saturated rings. The third kappa shape index (κ3) is 4.28. The summed E-state index contributed by atoms with van der Waals surface area (Å²) in [6.45, 7) is 4.79.